The van der Waals surface area contributed by atoms with Crippen LogP contribution >= 0.6 is 0 Å². The molecule has 5 atom stereocenters. The van der Waals surface area contributed by atoms with Crippen LogP contribution in [0.1, 0.15) is 77.0 Å². The summed E-state index contributed by atoms with van der Waals surface area (Å²) in [7, 11) is 0. The molecule has 0 bridgehead atoms. The quantitative estimate of drug-likeness (QED) is 0.399. The normalized spacial score (nSPS) is 26.8. The van der Waals surface area contributed by atoms with E-state index in [0.717, 1.165) is 36.1 Å². The Morgan fingerprint density at radius 2 is 1.47 bits per heavy atom. The second-order valence-electron chi connectivity index (χ2n) is 11.7. The van der Waals surface area contributed by atoms with Gasteiger partial charge in [0.15, 0.2) is 0 Å². The lowest BCUT2D eigenvalue weighted by Gasteiger charge is -2.41. The van der Waals surface area contributed by atoms with Crippen LogP contribution in [0, 0.1) is 29.6 Å². The fraction of sp³-hybridized carbons (Fsp3) is 0.625. The van der Waals surface area contributed by atoms with Crippen molar-refractivity contribution in [3.05, 3.63) is 71.8 Å². The molecule has 0 saturated carbocycles. The van der Waals surface area contributed by atoms with Crippen LogP contribution in [0.5, 0.6) is 0 Å². The molecule has 0 aliphatic carbocycles. The molecule has 2 heteroatoms. The molecule has 34 heavy (non-hydrogen) atoms. The van der Waals surface area contributed by atoms with E-state index >= 15 is 0 Å². The minimum atomic E-state index is 0.532. The lowest BCUT2D eigenvalue weighted by molar-refractivity contribution is 0.0849. The molecular formula is C32H48N2. The molecule has 2 aromatic carbocycles. The molecule has 2 aromatic rings. The average molecular weight is 461 g/mol. The fourth-order valence-electron chi connectivity index (χ4n) is 6.83. The molecule has 0 spiro atoms. The lowest BCUT2D eigenvalue weighted by Crippen LogP contribution is -2.40. The maximum absolute atomic E-state index is 2.76. The Labute approximate surface area is 209 Å². The maximum Gasteiger partial charge on any atom is 0.0319 e. The summed E-state index contributed by atoms with van der Waals surface area (Å²) in [5.41, 5.74) is 2.93. The molecule has 186 valence electrons. The van der Waals surface area contributed by atoms with Crippen LogP contribution < -0.4 is 0 Å². The molecule has 0 N–H and O–H groups in total. The molecule has 0 aromatic heterocycles. The zero-order valence-electron chi connectivity index (χ0n) is 22.2. The third kappa shape index (κ3) is 6.73. The van der Waals surface area contributed by atoms with Gasteiger partial charge in [0.05, 0.1) is 0 Å². The molecule has 2 saturated heterocycles. The standard InChI is InChI=1S/C32H48N2/c1-25(2)32-24-33(22-28-13-7-5-8-14-28)19-11-17-30(32)21-26(3)31-18-12-20-34(23-31)27(4)29-15-9-6-10-16-29/h5-10,13-16,25-27,30-32H,11-12,17-24H2,1-4H3. The predicted octanol–water partition coefficient (Wildman–Crippen LogP) is 7.67. The van der Waals surface area contributed by atoms with Crippen molar-refractivity contribution in [3.8, 4) is 0 Å². The van der Waals surface area contributed by atoms with E-state index in [-0.39, 0.29) is 0 Å². The van der Waals surface area contributed by atoms with Gasteiger partial charge in [0.1, 0.15) is 0 Å². The first-order valence-corrected chi connectivity index (χ1v) is 14.1. The fourth-order valence-corrected chi connectivity index (χ4v) is 6.83. The Morgan fingerprint density at radius 1 is 0.794 bits per heavy atom. The number of nitrogens with zero attached hydrogens (tertiary/aromatic N) is 2. The van der Waals surface area contributed by atoms with Crippen LogP contribution in [0.25, 0.3) is 0 Å². The van der Waals surface area contributed by atoms with E-state index in [0.29, 0.717) is 6.04 Å². The highest BCUT2D eigenvalue weighted by Crippen LogP contribution is 2.38. The van der Waals surface area contributed by atoms with Crippen molar-refractivity contribution < 1.29 is 0 Å². The van der Waals surface area contributed by atoms with Gasteiger partial charge in [-0.25, -0.2) is 0 Å². The molecule has 2 aliphatic rings. The molecule has 4 rings (SSSR count). The largest absolute Gasteiger partial charge is 0.299 e. The van der Waals surface area contributed by atoms with Gasteiger partial charge < -0.3 is 0 Å². The molecule has 2 nitrogen and oxygen atoms in total. The molecular weight excluding hydrogens is 412 g/mol. The zero-order valence-corrected chi connectivity index (χ0v) is 22.2. The summed E-state index contributed by atoms with van der Waals surface area (Å²) in [4.78, 5) is 5.50. The third-order valence-corrected chi connectivity index (χ3v) is 9.03. The van der Waals surface area contributed by atoms with Gasteiger partial charge in [0, 0.05) is 25.7 Å². The minimum Gasteiger partial charge on any atom is -0.299 e. The maximum atomic E-state index is 2.76. The van der Waals surface area contributed by atoms with Crippen LogP contribution in [0.2, 0.25) is 0 Å². The van der Waals surface area contributed by atoms with Gasteiger partial charge in [0.25, 0.3) is 0 Å². The van der Waals surface area contributed by atoms with Crippen molar-refractivity contribution in [1.82, 2.24) is 9.80 Å². The second kappa shape index (κ2) is 12.4. The van der Waals surface area contributed by atoms with Crippen LogP contribution in [-0.2, 0) is 6.54 Å². The molecule has 2 aliphatic heterocycles. The minimum absolute atomic E-state index is 0.532. The number of hydrogen-bond acceptors (Lipinski definition) is 2. The first-order valence-electron chi connectivity index (χ1n) is 14.1. The SMILES string of the molecule is CC(C)C1CN(Cc2ccccc2)CCCC1CC(C)C1CCCN(C(C)c2ccccc2)C1. The van der Waals surface area contributed by atoms with E-state index in [1.807, 2.05) is 0 Å². The first-order chi connectivity index (χ1) is 16.5. The number of hydrogen-bond donors (Lipinski definition) is 0. The van der Waals surface area contributed by atoms with Gasteiger partial charge in [-0.2, -0.15) is 0 Å². The molecule has 0 radical (unpaired) electrons. The lowest BCUT2D eigenvalue weighted by atomic mass is 9.73. The monoisotopic (exact) mass is 460 g/mol. The number of benzene rings is 2. The van der Waals surface area contributed by atoms with E-state index in [1.54, 1.807) is 0 Å². The van der Waals surface area contributed by atoms with Crippen LogP contribution in [0.15, 0.2) is 60.7 Å². The summed E-state index contributed by atoms with van der Waals surface area (Å²) in [5, 5.41) is 0. The van der Waals surface area contributed by atoms with Gasteiger partial charge in [0.2, 0.25) is 0 Å². The smallest absolute Gasteiger partial charge is 0.0319 e. The van der Waals surface area contributed by atoms with Crippen LogP contribution in [0.3, 0.4) is 0 Å². The molecule has 2 heterocycles. The number of rotatable bonds is 8. The molecule has 0 amide bonds. The van der Waals surface area contributed by atoms with Gasteiger partial charge in [-0.3, -0.25) is 9.80 Å². The van der Waals surface area contributed by atoms with Crippen molar-refractivity contribution in [2.45, 2.75) is 72.4 Å². The number of piperidine rings is 1. The summed E-state index contributed by atoms with van der Waals surface area (Å²) in [5.74, 6) is 4.11. The number of likely N-dealkylation sites (tertiary alicyclic amines) is 2. The topological polar surface area (TPSA) is 6.48 Å². The third-order valence-electron chi connectivity index (χ3n) is 9.03. The van der Waals surface area contributed by atoms with Crippen molar-refractivity contribution in [1.29, 1.82) is 0 Å². The van der Waals surface area contributed by atoms with Crippen LogP contribution in [-0.4, -0.2) is 36.0 Å². The van der Waals surface area contributed by atoms with Crippen molar-refractivity contribution in [2.24, 2.45) is 29.6 Å². The van der Waals surface area contributed by atoms with E-state index in [9.17, 15) is 0 Å². The highest BCUT2D eigenvalue weighted by atomic mass is 15.2. The summed E-state index contributed by atoms with van der Waals surface area (Å²) in [6.07, 6.45) is 6.96. The summed E-state index contributed by atoms with van der Waals surface area (Å²) in [6.45, 7) is 16.1. The van der Waals surface area contributed by atoms with Gasteiger partial charge in [-0.15, -0.1) is 0 Å². The average Bonchev–Trinajstić information content (AvgIpc) is 3.07. The van der Waals surface area contributed by atoms with E-state index < -0.39 is 0 Å². The van der Waals surface area contributed by atoms with E-state index in [4.69, 9.17) is 0 Å². The van der Waals surface area contributed by atoms with E-state index in [2.05, 4.69) is 98.2 Å². The Balaban J connectivity index is 1.36. The summed E-state index contributed by atoms with van der Waals surface area (Å²) in [6, 6.07) is 22.7. The predicted molar refractivity (Wildman–Crippen MR) is 146 cm³/mol. The second-order valence-corrected chi connectivity index (χ2v) is 11.7. The van der Waals surface area contributed by atoms with Crippen LogP contribution in [0.4, 0.5) is 0 Å². The highest BCUT2D eigenvalue weighted by Gasteiger charge is 2.34. The Hall–Kier alpha value is -1.64. The Morgan fingerprint density at radius 3 is 2.18 bits per heavy atom. The Kier molecular flexibility index (Phi) is 9.25. The highest BCUT2D eigenvalue weighted by molar-refractivity contribution is 5.18. The summed E-state index contributed by atoms with van der Waals surface area (Å²) >= 11 is 0. The zero-order chi connectivity index (χ0) is 23.9. The summed E-state index contributed by atoms with van der Waals surface area (Å²) < 4.78 is 0. The van der Waals surface area contributed by atoms with E-state index in [1.165, 1.54) is 69.4 Å². The van der Waals surface area contributed by atoms with Gasteiger partial charge in [-0.1, -0.05) is 81.4 Å². The van der Waals surface area contributed by atoms with Gasteiger partial charge in [-0.05, 0) is 92.8 Å². The Bertz CT molecular complexity index is 833. The first kappa shape index (κ1) is 25.5. The molecule has 2 fully saturated rings. The van der Waals surface area contributed by atoms with Crippen molar-refractivity contribution in [2.75, 3.05) is 26.2 Å². The van der Waals surface area contributed by atoms with Crippen molar-refractivity contribution in [3.63, 3.8) is 0 Å². The van der Waals surface area contributed by atoms with Crippen molar-refractivity contribution >= 4 is 0 Å². The van der Waals surface area contributed by atoms with Gasteiger partial charge >= 0.3 is 0 Å². The molecule has 5 unspecified atom stereocenters.